The summed E-state index contributed by atoms with van der Waals surface area (Å²) >= 11 is 6.33. The fraction of sp³-hybridized carbons (Fsp3) is 0.167. The first-order valence-electron chi connectivity index (χ1n) is 10.0. The number of benzene rings is 1. The van der Waals surface area contributed by atoms with E-state index in [1.165, 1.54) is 4.90 Å². The summed E-state index contributed by atoms with van der Waals surface area (Å²) in [4.78, 5) is 35.9. The molecule has 1 atom stereocenters. The molecule has 2 aromatic heterocycles. The number of ether oxygens (including phenoxy) is 1. The molecule has 1 aliphatic heterocycles. The molecule has 3 aromatic rings. The van der Waals surface area contributed by atoms with Crippen LogP contribution in [0.4, 0.5) is 0 Å². The van der Waals surface area contributed by atoms with E-state index in [4.69, 9.17) is 16.3 Å². The highest BCUT2D eigenvalue weighted by Crippen LogP contribution is 2.41. The van der Waals surface area contributed by atoms with Gasteiger partial charge in [0.1, 0.15) is 11.5 Å². The van der Waals surface area contributed by atoms with Gasteiger partial charge in [0.05, 0.1) is 35.5 Å². The average molecular weight is 450 g/mol. The minimum Gasteiger partial charge on any atom is -0.507 e. The Morgan fingerprint density at radius 1 is 1.16 bits per heavy atom. The third-order valence-electron chi connectivity index (χ3n) is 5.10. The second kappa shape index (κ2) is 9.20. The Morgan fingerprint density at radius 2 is 2.00 bits per heavy atom. The number of rotatable bonds is 6. The molecule has 32 heavy (non-hydrogen) atoms. The summed E-state index contributed by atoms with van der Waals surface area (Å²) in [5.74, 6) is -1.42. The Kier molecular flexibility index (Phi) is 6.18. The first-order chi connectivity index (χ1) is 15.5. The second-order valence-electron chi connectivity index (χ2n) is 7.11. The van der Waals surface area contributed by atoms with Crippen LogP contribution in [0.25, 0.3) is 5.76 Å². The number of aromatic nitrogens is 2. The molecule has 1 aromatic carbocycles. The molecule has 0 aliphatic carbocycles. The SMILES string of the molecule is CCOc1ccc(Cl)c(/C(O)=C2\C(=O)C(=O)N(Cc3ccccn3)C2c2cccnc2)c1. The van der Waals surface area contributed by atoms with Gasteiger partial charge >= 0.3 is 0 Å². The molecule has 1 unspecified atom stereocenters. The monoisotopic (exact) mass is 449 g/mol. The van der Waals surface area contributed by atoms with Crippen molar-refractivity contribution in [2.24, 2.45) is 0 Å². The van der Waals surface area contributed by atoms with Crippen molar-refractivity contribution in [2.45, 2.75) is 19.5 Å². The van der Waals surface area contributed by atoms with Crippen LogP contribution in [0.2, 0.25) is 5.02 Å². The number of halogens is 1. The van der Waals surface area contributed by atoms with Crippen molar-refractivity contribution in [3.05, 3.63) is 94.5 Å². The maximum Gasteiger partial charge on any atom is 0.296 e. The third-order valence-corrected chi connectivity index (χ3v) is 5.43. The van der Waals surface area contributed by atoms with E-state index in [1.807, 2.05) is 6.92 Å². The van der Waals surface area contributed by atoms with Crippen molar-refractivity contribution >= 4 is 29.1 Å². The van der Waals surface area contributed by atoms with Crippen LogP contribution < -0.4 is 4.74 Å². The summed E-state index contributed by atoms with van der Waals surface area (Å²) in [7, 11) is 0. The van der Waals surface area contributed by atoms with Gasteiger partial charge in [0.25, 0.3) is 11.7 Å². The molecular weight excluding hydrogens is 430 g/mol. The van der Waals surface area contributed by atoms with Crippen molar-refractivity contribution in [1.29, 1.82) is 0 Å². The normalized spacial score (nSPS) is 17.6. The van der Waals surface area contributed by atoms with E-state index < -0.39 is 17.7 Å². The quantitative estimate of drug-likeness (QED) is 0.345. The zero-order chi connectivity index (χ0) is 22.7. The molecule has 4 rings (SSSR count). The van der Waals surface area contributed by atoms with Gasteiger partial charge < -0.3 is 14.7 Å². The third kappa shape index (κ3) is 4.07. The zero-order valence-electron chi connectivity index (χ0n) is 17.2. The molecule has 0 bridgehead atoms. The number of aliphatic hydroxyl groups excluding tert-OH is 1. The molecule has 162 valence electrons. The van der Waals surface area contributed by atoms with Gasteiger partial charge in [0.15, 0.2) is 0 Å². The fourth-order valence-electron chi connectivity index (χ4n) is 3.68. The summed E-state index contributed by atoms with van der Waals surface area (Å²) in [5, 5.41) is 11.4. The van der Waals surface area contributed by atoms with E-state index in [2.05, 4.69) is 9.97 Å². The van der Waals surface area contributed by atoms with Crippen LogP contribution in [0, 0.1) is 0 Å². The summed E-state index contributed by atoms with van der Waals surface area (Å²) in [5.41, 5.74) is 1.35. The molecule has 8 heteroatoms. The fourth-order valence-corrected chi connectivity index (χ4v) is 3.89. The van der Waals surface area contributed by atoms with Crippen LogP contribution in [0.1, 0.15) is 29.8 Å². The number of nitrogens with zero attached hydrogens (tertiary/aromatic N) is 3. The topological polar surface area (TPSA) is 92.6 Å². The first-order valence-corrected chi connectivity index (χ1v) is 10.4. The maximum atomic E-state index is 13.1. The number of carbonyl (C=O) groups excluding carboxylic acids is 2. The lowest BCUT2D eigenvalue weighted by Crippen LogP contribution is -2.29. The Labute approximate surface area is 190 Å². The van der Waals surface area contributed by atoms with Crippen molar-refractivity contribution in [3.63, 3.8) is 0 Å². The van der Waals surface area contributed by atoms with Crippen LogP contribution in [-0.4, -0.2) is 38.3 Å². The lowest BCUT2D eigenvalue weighted by atomic mass is 9.96. The van der Waals surface area contributed by atoms with Gasteiger partial charge in [-0.05, 0) is 48.9 Å². The number of hydrogen-bond donors (Lipinski definition) is 1. The van der Waals surface area contributed by atoms with Crippen molar-refractivity contribution in [2.75, 3.05) is 6.61 Å². The molecule has 7 nitrogen and oxygen atoms in total. The number of pyridine rings is 2. The highest BCUT2D eigenvalue weighted by molar-refractivity contribution is 6.47. The minimum atomic E-state index is -0.850. The number of aliphatic hydroxyl groups is 1. The molecule has 1 fully saturated rings. The number of amides is 1. The van der Waals surface area contributed by atoms with Gasteiger partial charge in [0.2, 0.25) is 0 Å². The predicted molar refractivity (Wildman–Crippen MR) is 119 cm³/mol. The summed E-state index contributed by atoms with van der Waals surface area (Å²) in [6, 6.07) is 12.7. The lowest BCUT2D eigenvalue weighted by Gasteiger charge is -2.24. The summed E-state index contributed by atoms with van der Waals surface area (Å²) in [6.07, 6.45) is 4.77. The average Bonchev–Trinajstić information content (AvgIpc) is 3.06. The van der Waals surface area contributed by atoms with Crippen LogP contribution >= 0.6 is 11.6 Å². The number of likely N-dealkylation sites (tertiary alicyclic amines) is 1. The molecule has 0 saturated carbocycles. The second-order valence-corrected chi connectivity index (χ2v) is 7.52. The molecular formula is C24H20ClN3O4. The number of carbonyl (C=O) groups is 2. The van der Waals surface area contributed by atoms with Crippen LogP contribution in [0.15, 0.2) is 72.7 Å². The number of ketones is 1. The Hall–Kier alpha value is -3.71. The van der Waals surface area contributed by atoms with E-state index in [-0.39, 0.29) is 28.5 Å². The number of hydrogen-bond acceptors (Lipinski definition) is 6. The molecule has 0 spiro atoms. The van der Waals surface area contributed by atoms with Crippen molar-refractivity contribution in [3.8, 4) is 5.75 Å². The highest BCUT2D eigenvalue weighted by Gasteiger charge is 2.46. The van der Waals surface area contributed by atoms with Gasteiger partial charge in [-0.1, -0.05) is 23.7 Å². The smallest absolute Gasteiger partial charge is 0.296 e. The van der Waals surface area contributed by atoms with E-state index in [0.717, 1.165) is 0 Å². The van der Waals surface area contributed by atoms with E-state index in [0.29, 0.717) is 23.6 Å². The molecule has 1 N–H and O–H groups in total. The molecule has 1 aliphatic rings. The Bertz CT molecular complexity index is 1180. The standard InChI is InChI=1S/C24H20ClN3O4/c1-2-32-17-8-9-19(25)18(12-17)22(29)20-21(15-6-5-10-26-13-15)28(24(31)23(20)30)14-16-7-3-4-11-27-16/h3-13,21,29H,2,14H2,1H3/b22-20+. The largest absolute Gasteiger partial charge is 0.507 e. The lowest BCUT2D eigenvalue weighted by molar-refractivity contribution is -0.140. The van der Waals surface area contributed by atoms with Crippen LogP contribution in [0.3, 0.4) is 0 Å². The highest BCUT2D eigenvalue weighted by atomic mass is 35.5. The maximum absolute atomic E-state index is 13.1. The predicted octanol–water partition coefficient (Wildman–Crippen LogP) is 4.15. The van der Waals surface area contributed by atoms with E-state index >= 15 is 0 Å². The van der Waals surface area contributed by atoms with Gasteiger partial charge in [-0.3, -0.25) is 19.6 Å². The zero-order valence-corrected chi connectivity index (χ0v) is 18.0. The van der Waals surface area contributed by atoms with Gasteiger partial charge in [-0.2, -0.15) is 0 Å². The van der Waals surface area contributed by atoms with Crippen LogP contribution in [0.5, 0.6) is 5.75 Å². The summed E-state index contributed by atoms with van der Waals surface area (Å²) in [6.45, 7) is 2.35. The van der Waals surface area contributed by atoms with Gasteiger partial charge in [-0.15, -0.1) is 0 Å². The van der Waals surface area contributed by atoms with E-state index in [9.17, 15) is 14.7 Å². The first kappa shape index (κ1) is 21.5. The van der Waals surface area contributed by atoms with Gasteiger partial charge in [0, 0.05) is 24.2 Å². The Morgan fingerprint density at radius 3 is 2.69 bits per heavy atom. The molecule has 0 radical (unpaired) electrons. The summed E-state index contributed by atoms with van der Waals surface area (Å²) < 4.78 is 5.50. The minimum absolute atomic E-state index is 0.0607. The molecule has 1 amide bonds. The molecule has 3 heterocycles. The van der Waals surface area contributed by atoms with Gasteiger partial charge in [-0.25, -0.2) is 0 Å². The van der Waals surface area contributed by atoms with Crippen LogP contribution in [-0.2, 0) is 16.1 Å². The Balaban J connectivity index is 1.87. The number of Topliss-reactive ketones (excluding diaryl/α,β-unsaturated/α-hetero) is 1. The van der Waals surface area contributed by atoms with Crippen molar-refractivity contribution in [1.82, 2.24) is 14.9 Å². The van der Waals surface area contributed by atoms with E-state index in [1.54, 1.807) is 67.1 Å². The molecule has 1 saturated heterocycles. The van der Waals surface area contributed by atoms with Crippen molar-refractivity contribution < 1.29 is 19.4 Å².